The number of nitrogens with two attached hydrogens (primary N) is 2. The van der Waals surface area contributed by atoms with E-state index in [1.807, 2.05) is 0 Å². The van der Waals surface area contributed by atoms with Crippen LogP contribution in [0.5, 0.6) is 0 Å². The van der Waals surface area contributed by atoms with Crippen LogP contribution in [0.4, 0.5) is 0 Å². The third-order valence-electron chi connectivity index (χ3n) is 1.66. The summed E-state index contributed by atoms with van der Waals surface area (Å²) in [6, 6.07) is 0. The molecule has 0 aromatic carbocycles. The molecule has 4 heteroatoms. The molecular formula is C8H14N2O2. The Labute approximate surface area is 71.9 Å². The Bertz CT molecular complexity index is 198. The van der Waals surface area contributed by atoms with E-state index in [0.717, 1.165) is 6.42 Å². The number of unbranched alkanes of at least 4 members (excludes halogenated alkanes) is 1. The zero-order valence-electron chi connectivity index (χ0n) is 6.92. The third-order valence-corrected chi connectivity index (χ3v) is 1.66. The molecule has 4 nitrogen and oxygen atoms in total. The number of carbonyl (C=O) groups is 1. The summed E-state index contributed by atoms with van der Waals surface area (Å²) in [4.78, 5) is 10.5. The van der Waals surface area contributed by atoms with Crippen molar-refractivity contribution >= 4 is 5.97 Å². The normalized spacial score (nSPS) is 14.8. The van der Waals surface area contributed by atoms with Gasteiger partial charge in [-0.3, -0.25) is 0 Å². The summed E-state index contributed by atoms with van der Waals surface area (Å²) in [5.41, 5.74) is 9.12. The minimum absolute atomic E-state index is 0.274. The quantitative estimate of drug-likeness (QED) is 0.384. The van der Waals surface area contributed by atoms with E-state index in [1.165, 1.54) is 0 Å². The molecule has 0 saturated carbocycles. The highest BCUT2D eigenvalue weighted by molar-refractivity contribution is 5.82. The van der Waals surface area contributed by atoms with Crippen LogP contribution >= 0.6 is 0 Å². The first-order valence-electron chi connectivity index (χ1n) is 3.77. The van der Waals surface area contributed by atoms with Crippen LogP contribution < -0.4 is 11.5 Å². The van der Waals surface area contributed by atoms with Crippen molar-refractivity contribution in [3.63, 3.8) is 0 Å². The van der Waals surface area contributed by atoms with E-state index in [0.29, 0.717) is 13.0 Å². The van der Waals surface area contributed by atoms with Gasteiger partial charge in [0.1, 0.15) is 0 Å². The number of rotatable bonds is 5. The molecule has 12 heavy (non-hydrogen) atoms. The first-order chi connectivity index (χ1) is 5.56. The summed E-state index contributed by atoms with van der Waals surface area (Å²) in [7, 11) is 0. The molecule has 0 aliphatic carbocycles. The summed E-state index contributed by atoms with van der Waals surface area (Å²) in [6.45, 7) is 0.528. The van der Waals surface area contributed by atoms with Crippen molar-refractivity contribution in [2.75, 3.05) is 6.54 Å². The molecule has 0 rings (SSSR count). The lowest BCUT2D eigenvalue weighted by Gasteiger charge is -2.17. The molecule has 0 radical (unpaired) electrons. The monoisotopic (exact) mass is 170 g/mol. The van der Waals surface area contributed by atoms with Crippen molar-refractivity contribution in [1.29, 1.82) is 0 Å². The number of hydrogen-bond acceptors (Lipinski definition) is 3. The number of aliphatic carboxylic acids is 1. The van der Waals surface area contributed by atoms with Crippen LogP contribution in [0.25, 0.3) is 0 Å². The average Bonchev–Trinajstić information content (AvgIpc) is 2.04. The lowest BCUT2D eigenvalue weighted by atomic mass is 9.95. The zero-order valence-corrected chi connectivity index (χ0v) is 6.92. The molecule has 0 amide bonds. The molecule has 5 N–H and O–H groups in total. The first kappa shape index (κ1) is 11.0. The number of carboxylic acid groups (broad SMARTS) is 1. The van der Waals surface area contributed by atoms with Crippen LogP contribution in [-0.2, 0) is 4.79 Å². The molecule has 1 unspecified atom stereocenters. The highest BCUT2D eigenvalue weighted by Gasteiger charge is 2.30. The smallest absolute Gasteiger partial charge is 0.336 e. The van der Waals surface area contributed by atoms with E-state index < -0.39 is 11.5 Å². The fourth-order valence-electron chi connectivity index (χ4n) is 0.789. The van der Waals surface area contributed by atoms with Crippen molar-refractivity contribution in [2.24, 2.45) is 11.5 Å². The van der Waals surface area contributed by atoms with Crippen LogP contribution in [0.3, 0.4) is 0 Å². The maximum atomic E-state index is 10.5. The minimum atomic E-state index is -1.52. The number of terminal acetylenes is 1. The van der Waals surface area contributed by atoms with Gasteiger partial charge in [0.05, 0.1) is 0 Å². The second kappa shape index (κ2) is 4.75. The Kier molecular flexibility index (Phi) is 4.34. The van der Waals surface area contributed by atoms with Crippen LogP contribution in [0, 0.1) is 12.3 Å². The second-order valence-electron chi connectivity index (χ2n) is 2.67. The van der Waals surface area contributed by atoms with Crippen molar-refractivity contribution < 1.29 is 9.90 Å². The Morgan fingerprint density at radius 1 is 1.58 bits per heavy atom. The van der Waals surface area contributed by atoms with Gasteiger partial charge in [-0.25, -0.2) is 4.79 Å². The first-order valence-corrected chi connectivity index (χ1v) is 3.77. The lowest BCUT2D eigenvalue weighted by molar-refractivity contribution is -0.141. The van der Waals surface area contributed by atoms with Gasteiger partial charge in [0.15, 0.2) is 5.54 Å². The number of hydrogen-bond donors (Lipinski definition) is 3. The summed E-state index contributed by atoms with van der Waals surface area (Å²) in [6.07, 6.45) is 6.66. The van der Waals surface area contributed by atoms with E-state index in [9.17, 15) is 4.79 Å². The SMILES string of the molecule is C#CC(N)(CCCCN)C(=O)O. The molecule has 0 saturated heterocycles. The molecule has 0 fully saturated rings. The van der Waals surface area contributed by atoms with E-state index in [1.54, 1.807) is 0 Å². The van der Waals surface area contributed by atoms with Gasteiger partial charge in [-0.1, -0.05) is 5.92 Å². The largest absolute Gasteiger partial charge is 0.479 e. The van der Waals surface area contributed by atoms with Crippen LogP contribution in [0.15, 0.2) is 0 Å². The summed E-state index contributed by atoms with van der Waals surface area (Å²) >= 11 is 0. The Balaban J connectivity index is 4.00. The summed E-state index contributed by atoms with van der Waals surface area (Å²) < 4.78 is 0. The van der Waals surface area contributed by atoms with Crippen molar-refractivity contribution in [3.05, 3.63) is 0 Å². The van der Waals surface area contributed by atoms with E-state index >= 15 is 0 Å². The van der Waals surface area contributed by atoms with Crippen LogP contribution in [-0.4, -0.2) is 23.2 Å². The zero-order chi connectivity index (χ0) is 9.61. The molecule has 0 aliphatic heterocycles. The molecule has 0 heterocycles. The molecule has 0 spiro atoms. The molecule has 0 aliphatic rings. The van der Waals surface area contributed by atoms with Crippen molar-refractivity contribution in [1.82, 2.24) is 0 Å². The fourth-order valence-corrected chi connectivity index (χ4v) is 0.789. The van der Waals surface area contributed by atoms with Gasteiger partial charge < -0.3 is 16.6 Å². The highest BCUT2D eigenvalue weighted by Crippen LogP contribution is 2.09. The fraction of sp³-hybridized carbons (Fsp3) is 0.625. The maximum Gasteiger partial charge on any atom is 0.336 e. The summed E-state index contributed by atoms with van der Waals surface area (Å²) in [5.74, 6) is 0.923. The van der Waals surface area contributed by atoms with Gasteiger partial charge in [0.2, 0.25) is 0 Å². The summed E-state index contributed by atoms with van der Waals surface area (Å²) in [5, 5.41) is 8.63. The predicted octanol–water partition coefficient (Wildman–Crippen LogP) is -0.469. The van der Waals surface area contributed by atoms with E-state index in [2.05, 4.69) is 5.92 Å². The highest BCUT2D eigenvalue weighted by atomic mass is 16.4. The number of carboxylic acids is 1. The third kappa shape index (κ3) is 2.91. The van der Waals surface area contributed by atoms with Gasteiger partial charge in [-0.05, 0) is 25.8 Å². The average molecular weight is 170 g/mol. The van der Waals surface area contributed by atoms with Gasteiger partial charge in [0.25, 0.3) is 0 Å². The maximum absolute atomic E-state index is 10.5. The minimum Gasteiger partial charge on any atom is -0.479 e. The van der Waals surface area contributed by atoms with Gasteiger partial charge >= 0.3 is 5.97 Å². The molecule has 1 atom stereocenters. The van der Waals surface area contributed by atoms with Crippen molar-refractivity contribution in [2.45, 2.75) is 24.8 Å². The molecule has 0 aromatic heterocycles. The van der Waals surface area contributed by atoms with Gasteiger partial charge in [-0.15, -0.1) is 6.42 Å². The molecule has 0 bridgehead atoms. The Morgan fingerprint density at radius 3 is 2.50 bits per heavy atom. The standard InChI is InChI=1S/C8H14N2O2/c1-2-8(10,7(11)12)5-3-4-6-9/h1H,3-6,9-10H2,(H,11,12). The molecule has 68 valence electrons. The predicted molar refractivity (Wildman–Crippen MR) is 46.3 cm³/mol. The Hall–Kier alpha value is -1.05. The topological polar surface area (TPSA) is 89.3 Å². The van der Waals surface area contributed by atoms with Crippen molar-refractivity contribution in [3.8, 4) is 12.3 Å². The lowest BCUT2D eigenvalue weighted by Crippen LogP contribution is -2.46. The van der Waals surface area contributed by atoms with E-state index in [4.69, 9.17) is 23.0 Å². The van der Waals surface area contributed by atoms with Gasteiger partial charge in [-0.2, -0.15) is 0 Å². The van der Waals surface area contributed by atoms with Gasteiger partial charge in [0, 0.05) is 0 Å². The Morgan fingerprint density at radius 2 is 2.17 bits per heavy atom. The van der Waals surface area contributed by atoms with E-state index in [-0.39, 0.29) is 6.42 Å². The molecule has 0 aromatic rings. The molecular weight excluding hydrogens is 156 g/mol. The van der Waals surface area contributed by atoms with Crippen LogP contribution in [0.1, 0.15) is 19.3 Å². The van der Waals surface area contributed by atoms with Crippen LogP contribution in [0.2, 0.25) is 0 Å². The second-order valence-corrected chi connectivity index (χ2v) is 2.67.